The third kappa shape index (κ3) is 3.57. The first kappa shape index (κ1) is 20.1. The van der Waals surface area contributed by atoms with Crippen LogP contribution in [0.5, 0.6) is 0 Å². The van der Waals surface area contributed by atoms with E-state index in [0.29, 0.717) is 6.61 Å². The van der Waals surface area contributed by atoms with Crippen molar-refractivity contribution in [1.82, 2.24) is 24.4 Å². The number of hydrogen-bond donors (Lipinski definition) is 0. The quantitative estimate of drug-likeness (QED) is 0.466. The maximum atomic E-state index is 5.30. The molecule has 156 valence electrons. The number of aryl methyl sites for hydroxylation is 3. The summed E-state index contributed by atoms with van der Waals surface area (Å²) in [4.78, 5) is 7.14. The summed E-state index contributed by atoms with van der Waals surface area (Å²) in [5.41, 5.74) is 7.24. The van der Waals surface area contributed by atoms with Gasteiger partial charge >= 0.3 is 0 Å². The van der Waals surface area contributed by atoms with Gasteiger partial charge in [-0.2, -0.15) is 14.7 Å². The number of rotatable bonds is 7. The lowest BCUT2D eigenvalue weighted by atomic mass is 10.00. The van der Waals surface area contributed by atoms with Gasteiger partial charge in [0.25, 0.3) is 0 Å². The molecule has 0 amide bonds. The van der Waals surface area contributed by atoms with Crippen LogP contribution in [0.3, 0.4) is 0 Å². The number of likely N-dealkylation sites (N-methyl/N-ethyl adjacent to an activating group) is 1. The summed E-state index contributed by atoms with van der Waals surface area (Å²) in [5, 5.41) is 9.21. The van der Waals surface area contributed by atoms with Gasteiger partial charge in [0, 0.05) is 49.9 Å². The first-order valence-corrected chi connectivity index (χ1v) is 10.3. The van der Waals surface area contributed by atoms with E-state index in [4.69, 9.17) is 14.8 Å². The first-order chi connectivity index (χ1) is 14.5. The smallest absolute Gasteiger partial charge is 0.165 e. The van der Waals surface area contributed by atoms with E-state index in [1.54, 1.807) is 13.3 Å². The maximum absolute atomic E-state index is 5.30. The van der Waals surface area contributed by atoms with E-state index in [9.17, 15) is 0 Å². The Bertz CT molecular complexity index is 1160. The molecule has 4 rings (SSSR count). The minimum atomic E-state index is 0.664. The highest BCUT2D eigenvalue weighted by molar-refractivity contribution is 5.83. The second-order valence-corrected chi connectivity index (χ2v) is 7.47. The summed E-state index contributed by atoms with van der Waals surface area (Å²) < 4.78 is 9.14. The topological polar surface area (TPSA) is 60.5 Å². The third-order valence-corrected chi connectivity index (χ3v) is 5.39. The highest BCUT2D eigenvalue weighted by Crippen LogP contribution is 2.33. The molecular weight excluding hydrogens is 376 g/mol. The number of ether oxygens (including phenoxy) is 1. The summed E-state index contributed by atoms with van der Waals surface area (Å²) >= 11 is 0. The molecule has 0 spiro atoms. The molecule has 0 aliphatic carbocycles. The van der Waals surface area contributed by atoms with Gasteiger partial charge in [0.05, 0.1) is 18.0 Å². The summed E-state index contributed by atoms with van der Waals surface area (Å²) in [7, 11) is 1.73. The van der Waals surface area contributed by atoms with Gasteiger partial charge in [0.1, 0.15) is 5.82 Å². The lowest BCUT2D eigenvalue weighted by Gasteiger charge is -2.23. The molecule has 3 aromatic heterocycles. The lowest BCUT2D eigenvalue weighted by molar-refractivity contribution is 0.205. The van der Waals surface area contributed by atoms with E-state index in [2.05, 4.69) is 55.0 Å². The molecule has 0 N–H and O–H groups in total. The average molecular weight is 405 g/mol. The molecule has 7 nitrogen and oxygen atoms in total. The van der Waals surface area contributed by atoms with Gasteiger partial charge < -0.3 is 9.64 Å². The molecule has 0 saturated carbocycles. The molecule has 0 bridgehead atoms. The van der Waals surface area contributed by atoms with Gasteiger partial charge in [-0.05, 0) is 57.0 Å². The molecule has 0 aliphatic heterocycles. The summed E-state index contributed by atoms with van der Waals surface area (Å²) in [5.74, 6) is 1.04. The Morgan fingerprint density at radius 3 is 2.63 bits per heavy atom. The Morgan fingerprint density at radius 1 is 1.13 bits per heavy atom. The average Bonchev–Trinajstić information content (AvgIpc) is 3.37. The molecule has 0 radical (unpaired) electrons. The summed E-state index contributed by atoms with van der Waals surface area (Å²) in [6.07, 6.45) is 3.74. The van der Waals surface area contributed by atoms with Crippen LogP contribution in [-0.2, 0) is 4.74 Å². The third-order valence-electron chi connectivity index (χ3n) is 5.39. The Labute approximate surface area is 176 Å². The predicted octanol–water partition coefficient (Wildman–Crippen LogP) is 3.98. The summed E-state index contributed by atoms with van der Waals surface area (Å²) in [6, 6.07) is 10.4. The van der Waals surface area contributed by atoms with Crippen molar-refractivity contribution in [3.05, 3.63) is 59.7 Å². The minimum Gasteiger partial charge on any atom is -0.383 e. The van der Waals surface area contributed by atoms with Crippen LogP contribution in [0.15, 0.2) is 42.7 Å². The van der Waals surface area contributed by atoms with E-state index in [1.165, 1.54) is 0 Å². The van der Waals surface area contributed by atoms with Gasteiger partial charge in [-0.25, -0.2) is 9.67 Å². The fourth-order valence-electron chi connectivity index (χ4n) is 3.89. The van der Waals surface area contributed by atoms with Gasteiger partial charge in [0.2, 0.25) is 0 Å². The number of fused-ring (bicyclic) bond motifs is 1. The Kier molecular flexibility index (Phi) is 5.55. The van der Waals surface area contributed by atoms with Gasteiger partial charge in [0.15, 0.2) is 5.65 Å². The standard InChI is InChI=1S/C23H28N6O/c1-6-27(12-13-30-5)21-15-17(3)25-23-22(18(4)26-29(21)23)20-9-8-19(14-16(20)2)28-11-7-10-24-28/h7-11,14-15H,6,12-13H2,1-5H3. The van der Waals surface area contributed by atoms with Crippen LogP contribution >= 0.6 is 0 Å². The van der Waals surface area contributed by atoms with Gasteiger partial charge in [-0.15, -0.1) is 0 Å². The van der Waals surface area contributed by atoms with E-state index in [-0.39, 0.29) is 0 Å². The Balaban J connectivity index is 1.85. The van der Waals surface area contributed by atoms with Crippen LogP contribution in [0, 0.1) is 20.8 Å². The zero-order chi connectivity index (χ0) is 21.3. The van der Waals surface area contributed by atoms with E-state index >= 15 is 0 Å². The monoisotopic (exact) mass is 404 g/mol. The van der Waals surface area contributed by atoms with Crippen LogP contribution in [0.25, 0.3) is 22.5 Å². The second-order valence-electron chi connectivity index (χ2n) is 7.47. The number of anilines is 1. The van der Waals surface area contributed by atoms with Crippen molar-refractivity contribution in [2.24, 2.45) is 0 Å². The second kappa shape index (κ2) is 8.28. The number of methoxy groups -OCH3 is 1. The molecule has 7 heteroatoms. The molecule has 1 aromatic carbocycles. The van der Waals surface area contributed by atoms with E-state index < -0.39 is 0 Å². The highest BCUT2D eigenvalue weighted by Gasteiger charge is 2.20. The van der Waals surface area contributed by atoms with Crippen LogP contribution < -0.4 is 4.90 Å². The van der Waals surface area contributed by atoms with Gasteiger partial charge in [-0.3, -0.25) is 0 Å². The first-order valence-electron chi connectivity index (χ1n) is 10.3. The highest BCUT2D eigenvalue weighted by atomic mass is 16.5. The fraction of sp³-hybridized carbons (Fsp3) is 0.348. The minimum absolute atomic E-state index is 0.664. The SMILES string of the molecule is CCN(CCOC)c1cc(C)nc2c(-c3ccc(-n4cccn4)cc3C)c(C)nn12. The van der Waals surface area contributed by atoms with Crippen LogP contribution in [-0.4, -0.2) is 51.2 Å². The van der Waals surface area contributed by atoms with Gasteiger partial charge in [-0.1, -0.05) is 6.07 Å². The van der Waals surface area contributed by atoms with Crippen molar-refractivity contribution in [2.45, 2.75) is 27.7 Å². The zero-order valence-electron chi connectivity index (χ0n) is 18.3. The molecule has 30 heavy (non-hydrogen) atoms. The van der Waals surface area contributed by atoms with Crippen molar-refractivity contribution < 1.29 is 4.74 Å². The number of benzene rings is 1. The van der Waals surface area contributed by atoms with E-state index in [0.717, 1.165) is 58.3 Å². The lowest BCUT2D eigenvalue weighted by Crippen LogP contribution is -2.29. The van der Waals surface area contributed by atoms with Crippen LogP contribution in [0.2, 0.25) is 0 Å². The molecule has 0 atom stereocenters. The molecule has 3 heterocycles. The molecular formula is C23H28N6O. The Hall–Kier alpha value is -3.19. The number of nitrogens with zero attached hydrogens (tertiary/aromatic N) is 6. The fourth-order valence-corrected chi connectivity index (χ4v) is 3.89. The maximum Gasteiger partial charge on any atom is 0.165 e. The molecule has 0 unspecified atom stereocenters. The van der Waals surface area contributed by atoms with Crippen molar-refractivity contribution in [1.29, 1.82) is 0 Å². The van der Waals surface area contributed by atoms with Crippen LogP contribution in [0.4, 0.5) is 5.82 Å². The van der Waals surface area contributed by atoms with Crippen molar-refractivity contribution in [3.63, 3.8) is 0 Å². The zero-order valence-corrected chi connectivity index (χ0v) is 18.3. The molecule has 0 fully saturated rings. The van der Waals surface area contributed by atoms with E-state index in [1.807, 2.05) is 28.4 Å². The predicted molar refractivity (Wildman–Crippen MR) is 120 cm³/mol. The number of hydrogen-bond acceptors (Lipinski definition) is 5. The van der Waals surface area contributed by atoms with Crippen molar-refractivity contribution >= 4 is 11.5 Å². The molecule has 0 aliphatic rings. The Morgan fingerprint density at radius 2 is 1.97 bits per heavy atom. The molecule has 4 aromatic rings. The normalized spacial score (nSPS) is 11.4. The van der Waals surface area contributed by atoms with Crippen LogP contribution in [0.1, 0.15) is 23.9 Å². The largest absolute Gasteiger partial charge is 0.383 e. The summed E-state index contributed by atoms with van der Waals surface area (Å²) in [6.45, 7) is 10.7. The van der Waals surface area contributed by atoms with Crippen molar-refractivity contribution in [2.75, 3.05) is 31.7 Å². The number of aromatic nitrogens is 5. The molecule has 0 saturated heterocycles. The van der Waals surface area contributed by atoms with Crippen molar-refractivity contribution in [3.8, 4) is 16.8 Å².